The average Bonchev–Trinajstić information content (AvgIpc) is 3.29. The summed E-state index contributed by atoms with van der Waals surface area (Å²) < 4.78 is 13.9. The third-order valence-electron chi connectivity index (χ3n) is 5.11. The summed E-state index contributed by atoms with van der Waals surface area (Å²) >= 11 is 4.86. The molecule has 9 heteroatoms. The van der Waals surface area contributed by atoms with Crippen LogP contribution in [0.25, 0.3) is 22.1 Å². The Morgan fingerprint density at radius 2 is 2.03 bits per heavy atom. The van der Waals surface area contributed by atoms with Gasteiger partial charge in [0.25, 0.3) is 11.5 Å². The molecular formula is C22H18BrN3O4S. The van der Waals surface area contributed by atoms with Gasteiger partial charge in [0.15, 0.2) is 11.6 Å². The van der Waals surface area contributed by atoms with Crippen molar-refractivity contribution in [3.8, 4) is 5.75 Å². The molecule has 158 valence electrons. The van der Waals surface area contributed by atoms with Crippen molar-refractivity contribution in [3.05, 3.63) is 67.4 Å². The number of nitrogens with zero attached hydrogens (tertiary/aromatic N) is 3. The number of ether oxygens (including phenoxy) is 2. The Bertz CT molecular complexity index is 1390. The van der Waals surface area contributed by atoms with Crippen LogP contribution in [-0.4, -0.2) is 53.1 Å². The van der Waals surface area contributed by atoms with Crippen molar-refractivity contribution in [1.82, 2.24) is 14.3 Å². The van der Waals surface area contributed by atoms with Crippen LogP contribution in [0.5, 0.6) is 5.75 Å². The molecule has 2 aromatic carbocycles. The molecule has 31 heavy (non-hydrogen) atoms. The van der Waals surface area contributed by atoms with Crippen molar-refractivity contribution in [2.24, 2.45) is 0 Å². The van der Waals surface area contributed by atoms with E-state index in [1.165, 1.54) is 11.3 Å². The molecule has 0 aliphatic carbocycles. The molecule has 0 spiro atoms. The number of aromatic nitrogens is 2. The first-order chi connectivity index (χ1) is 15.1. The zero-order valence-electron chi connectivity index (χ0n) is 16.4. The van der Waals surface area contributed by atoms with E-state index >= 15 is 0 Å². The molecule has 1 fully saturated rings. The van der Waals surface area contributed by atoms with E-state index in [4.69, 9.17) is 9.47 Å². The van der Waals surface area contributed by atoms with Crippen LogP contribution in [0.15, 0.2) is 51.7 Å². The standard InChI is InChI=1S/C22H18BrN3O4S/c23-15-11-14(5-6-18(15)30-13-20(27)25-7-9-29-10-8-25)12-19-21(28)26-17-4-2-1-3-16(17)24-22(26)31-19/h1-6,11-12H,7-10,13H2. The third-order valence-corrected chi connectivity index (χ3v) is 6.70. The Labute approximate surface area is 189 Å². The summed E-state index contributed by atoms with van der Waals surface area (Å²) in [6, 6.07) is 13.1. The lowest BCUT2D eigenvalue weighted by Crippen LogP contribution is -2.43. The first-order valence-electron chi connectivity index (χ1n) is 9.80. The summed E-state index contributed by atoms with van der Waals surface area (Å²) in [5.41, 5.74) is 2.40. The molecule has 5 rings (SSSR count). The van der Waals surface area contributed by atoms with E-state index in [1.54, 1.807) is 15.4 Å². The number of rotatable bonds is 4. The van der Waals surface area contributed by atoms with E-state index in [0.29, 0.717) is 41.5 Å². The lowest BCUT2D eigenvalue weighted by molar-refractivity contribution is -0.137. The highest BCUT2D eigenvalue weighted by Gasteiger charge is 2.17. The van der Waals surface area contributed by atoms with Crippen molar-refractivity contribution < 1.29 is 14.3 Å². The minimum Gasteiger partial charge on any atom is -0.483 e. The van der Waals surface area contributed by atoms with Gasteiger partial charge in [0, 0.05) is 13.1 Å². The highest BCUT2D eigenvalue weighted by Crippen LogP contribution is 2.26. The summed E-state index contributed by atoms with van der Waals surface area (Å²) in [6.07, 6.45) is 1.84. The van der Waals surface area contributed by atoms with Gasteiger partial charge in [-0.3, -0.25) is 9.59 Å². The maximum Gasteiger partial charge on any atom is 0.274 e. The van der Waals surface area contributed by atoms with Crippen LogP contribution in [0.2, 0.25) is 0 Å². The van der Waals surface area contributed by atoms with Crippen molar-refractivity contribution in [2.75, 3.05) is 32.9 Å². The number of morpholine rings is 1. The quantitative estimate of drug-likeness (QED) is 0.431. The topological polar surface area (TPSA) is 73.1 Å². The average molecular weight is 500 g/mol. The number of benzene rings is 2. The molecule has 0 N–H and O–H groups in total. The molecule has 1 amide bonds. The maximum absolute atomic E-state index is 12.9. The summed E-state index contributed by atoms with van der Waals surface area (Å²) in [7, 11) is 0. The van der Waals surface area contributed by atoms with Gasteiger partial charge in [-0.1, -0.05) is 29.5 Å². The zero-order valence-corrected chi connectivity index (χ0v) is 18.8. The van der Waals surface area contributed by atoms with E-state index < -0.39 is 0 Å². The van der Waals surface area contributed by atoms with Gasteiger partial charge in [-0.05, 0) is 51.8 Å². The fraction of sp³-hybridized carbons (Fsp3) is 0.227. The van der Waals surface area contributed by atoms with Crippen LogP contribution >= 0.6 is 27.3 Å². The van der Waals surface area contributed by atoms with E-state index in [9.17, 15) is 9.59 Å². The summed E-state index contributed by atoms with van der Waals surface area (Å²) in [5.74, 6) is 0.518. The number of thiazole rings is 1. The Morgan fingerprint density at radius 1 is 1.23 bits per heavy atom. The number of hydrogen-bond donors (Lipinski definition) is 0. The molecule has 2 aromatic heterocycles. The molecule has 1 aliphatic heterocycles. The second kappa shape index (κ2) is 8.41. The van der Waals surface area contributed by atoms with E-state index in [2.05, 4.69) is 20.9 Å². The van der Waals surface area contributed by atoms with Crippen molar-refractivity contribution in [1.29, 1.82) is 0 Å². The number of para-hydroxylation sites is 2. The largest absolute Gasteiger partial charge is 0.483 e. The first kappa shape index (κ1) is 20.2. The summed E-state index contributed by atoms with van der Waals surface area (Å²) in [5, 5.41) is 0. The van der Waals surface area contributed by atoms with E-state index in [-0.39, 0.29) is 18.1 Å². The summed E-state index contributed by atoms with van der Waals surface area (Å²) in [6.45, 7) is 2.28. The van der Waals surface area contributed by atoms with Crippen LogP contribution in [0, 0.1) is 0 Å². The van der Waals surface area contributed by atoms with Crippen LogP contribution in [0.3, 0.4) is 0 Å². The molecule has 7 nitrogen and oxygen atoms in total. The first-order valence-corrected chi connectivity index (χ1v) is 11.4. The molecule has 0 saturated carbocycles. The second-order valence-electron chi connectivity index (χ2n) is 7.11. The van der Waals surface area contributed by atoms with Crippen LogP contribution < -0.4 is 14.8 Å². The monoisotopic (exact) mass is 499 g/mol. The van der Waals surface area contributed by atoms with E-state index in [0.717, 1.165) is 21.1 Å². The number of imidazole rings is 1. The number of amides is 1. The maximum atomic E-state index is 12.9. The van der Waals surface area contributed by atoms with Gasteiger partial charge in [0.2, 0.25) is 0 Å². The van der Waals surface area contributed by atoms with Gasteiger partial charge in [-0.15, -0.1) is 0 Å². The van der Waals surface area contributed by atoms with Gasteiger partial charge >= 0.3 is 0 Å². The molecule has 0 radical (unpaired) electrons. The molecule has 4 aromatic rings. The van der Waals surface area contributed by atoms with Crippen LogP contribution in [0.4, 0.5) is 0 Å². The molecule has 3 heterocycles. The van der Waals surface area contributed by atoms with E-state index in [1.807, 2.05) is 42.5 Å². The smallest absolute Gasteiger partial charge is 0.274 e. The van der Waals surface area contributed by atoms with Crippen molar-refractivity contribution >= 4 is 55.2 Å². The number of fused-ring (bicyclic) bond motifs is 3. The molecule has 0 unspecified atom stereocenters. The molecule has 0 bridgehead atoms. The number of hydrogen-bond acceptors (Lipinski definition) is 6. The fourth-order valence-corrected chi connectivity index (χ4v) is 5.03. The molecule has 1 aliphatic rings. The Hall–Kier alpha value is -2.75. The Kier molecular flexibility index (Phi) is 5.47. The predicted molar refractivity (Wildman–Crippen MR) is 123 cm³/mol. The minimum absolute atomic E-state index is 0.0262. The molecular weight excluding hydrogens is 482 g/mol. The Morgan fingerprint density at radius 3 is 2.84 bits per heavy atom. The minimum atomic E-state index is -0.0822. The molecule has 1 saturated heterocycles. The second-order valence-corrected chi connectivity index (χ2v) is 8.97. The predicted octanol–water partition coefficient (Wildman–Crippen LogP) is 2.46. The van der Waals surface area contributed by atoms with Crippen LogP contribution in [0.1, 0.15) is 5.56 Å². The SMILES string of the molecule is O=C(COc1ccc(C=c2sc3nc4ccccc4n3c2=O)cc1Br)N1CCOCC1. The molecule has 0 atom stereocenters. The van der Waals surface area contributed by atoms with Crippen molar-refractivity contribution in [2.45, 2.75) is 0 Å². The van der Waals surface area contributed by atoms with Gasteiger partial charge in [0.1, 0.15) is 5.75 Å². The number of halogens is 1. The van der Waals surface area contributed by atoms with Crippen molar-refractivity contribution in [3.63, 3.8) is 0 Å². The lowest BCUT2D eigenvalue weighted by atomic mass is 10.2. The van der Waals surface area contributed by atoms with Gasteiger partial charge in [0.05, 0.1) is 33.3 Å². The normalized spacial score (nSPS) is 15.1. The zero-order chi connectivity index (χ0) is 21.4. The summed E-state index contributed by atoms with van der Waals surface area (Å²) in [4.78, 5) is 32.1. The lowest BCUT2D eigenvalue weighted by Gasteiger charge is -2.26. The Balaban J connectivity index is 1.37. The number of carbonyl (C=O) groups excluding carboxylic acids is 1. The van der Waals surface area contributed by atoms with Gasteiger partial charge in [-0.25, -0.2) is 9.38 Å². The van der Waals surface area contributed by atoms with Gasteiger partial charge < -0.3 is 14.4 Å². The van der Waals surface area contributed by atoms with Gasteiger partial charge in [-0.2, -0.15) is 0 Å². The number of carbonyl (C=O) groups is 1. The highest BCUT2D eigenvalue weighted by molar-refractivity contribution is 9.10. The fourth-order valence-electron chi connectivity index (χ4n) is 3.53. The highest BCUT2D eigenvalue weighted by atomic mass is 79.9. The van der Waals surface area contributed by atoms with Crippen LogP contribution in [-0.2, 0) is 9.53 Å². The third kappa shape index (κ3) is 3.96.